The molecule has 1 rings (SSSR count). The number of carbonyl (C=O) groups is 3. The van der Waals surface area contributed by atoms with Gasteiger partial charge in [-0.2, -0.15) is 0 Å². The summed E-state index contributed by atoms with van der Waals surface area (Å²) in [6.45, 7) is 2.78. The monoisotopic (exact) mass is 326 g/mol. The number of nitrogens with zero attached hydrogens (tertiary/aromatic N) is 1. The van der Waals surface area contributed by atoms with Gasteiger partial charge in [0.1, 0.15) is 0 Å². The molecule has 0 radical (unpaired) electrons. The number of likely N-dealkylation sites (N-methyl/N-ethyl adjacent to an activating group) is 1. The van der Waals surface area contributed by atoms with Crippen LogP contribution in [0.15, 0.2) is 24.3 Å². The van der Waals surface area contributed by atoms with E-state index in [0.29, 0.717) is 10.6 Å². The number of halogens is 1. The molecule has 22 heavy (non-hydrogen) atoms. The van der Waals surface area contributed by atoms with E-state index in [2.05, 4.69) is 5.32 Å². The van der Waals surface area contributed by atoms with Gasteiger partial charge >= 0.3 is 5.97 Å². The zero-order chi connectivity index (χ0) is 16.9. The molecule has 1 unspecified atom stereocenters. The predicted molar refractivity (Wildman–Crippen MR) is 82.5 cm³/mol. The van der Waals surface area contributed by atoms with Crippen molar-refractivity contribution in [1.82, 2.24) is 10.2 Å². The Balaban J connectivity index is 3.08. The molecule has 2 amide bonds. The molecule has 0 heterocycles. The molecule has 0 fully saturated rings. The first-order chi connectivity index (χ1) is 10.2. The first-order valence-electron chi connectivity index (χ1n) is 6.75. The number of hydrogen-bond acceptors (Lipinski definition) is 3. The van der Waals surface area contributed by atoms with Crippen LogP contribution in [0.2, 0.25) is 5.02 Å². The summed E-state index contributed by atoms with van der Waals surface area (Å²) in [4.78, 5) is 36.2. The highest BCUT2D eigenvalue weighted by Crippen LogP contribution is 2.27. The molecular formula is C15H19ClN2O4. The molecule has 0 saturated carbocycles. The maximum absolute atomic E-state index is 12.1. The van der Waals surface area contributed by atoms with E-state index in [4.69, 9.17) is 11.6 Å². The van der Waals surface area contributed by atoms with E-state index < -0.39 is 17.4 Å². The van der Waals surface area contributed by atoms with E-state index in [0.717, 1.165) is 0 Å². The Bertz CT molecular complexity index is 573. The molecule has 6 nitrogen and oxygen atoms in total. The zero-order valence-corrected chi connectivity index (χ0v) is 13.5. The summed E-state index contributed by atoms with van der Waals surface area (Å²) >= 11 is 5.82. The minimum Gasteiger partial charge on any atom is -0.479 e. The smallest absolute Gasteiger partial charge is 0.334 e. The van der Waals surface area contributed by atoms with Crippen LogP contribution in [0, 0.1) is 0 Å². The van der Waals surface area contributed by atoms with Crippen molar-refractivity contribution in [2.45, 2.75) is 25.8 Å². The lowest BCUT2D eigenvalue weighted by molar-refractivity contribution is -0.148. The van der Waals surface area contributed by atoms with E-state index in [-0.39, 0.29) is 18.9 Å². The van der Waals surface area contributed by atoms with Gasteiger partial charge in [-0.3, -0.25) is 9.59 Å². The van der Waals surface area contributed by atoms with Crippen LogP contribution in [0.3, 0.4) is 0 Å². The molecule has 1 aromatic carbocycles. The third-order valence-corrected chi connectivity index (χ3v) is 3.76. The molecule has 0 aliphatic rings. The maximum atomic E-state index is 12.1. The number of benzene rings is 1. The van der Waals surface area contributed by atoms with Gasteiger partial charge in [-0.15, -0.1) is 0 Å². The van der Waals surface area contributed by atoms with Crippen molar-refractivity contribution in [3.8, 4) is 0 Å². The van der Waals surface area contributed by atoms with E-state index in [1.165, 1.54) is 18.9 Å². The van der Waals surface area contributed by atoms with Gasteiger partial charge in [0.05, 0.1) is 6.54 Å². The Morgan fingerprint density at radius 3 is 2.23 bits per heavy atom. The van der Waals surface area contributed by atoms with Crippen molar-refractivity contribution in [2.24, 2.45) is 0 Å². The second-order valence-electron chi connectivity index (χ2n) is 4.99. The van der Waals surface area contributed by atoms with Crippen LogP contribution in [0.5, 0.6) is 0 Å². The molecule has 0 aliphatic carbocycles. The van der Waals surface area contributed by atoms with Crippen LogP contribution in [0.1, 0.15) is 25.8 Å². The van der Waals surface area contributed by atoms with Crippen LogP contribution in [-0.2, 0) is 19.9 Å². The Morgan fingerprint density at radius 2 is 1.82 bits per heavy atom. The van der Waals surface area contributed by atoms with Gasteiger partial charge in [0, 0.05) is 19.0 Å². The Hall–Kier alpha value is -2.08. The molecule has 0 aliphatic heterocycles. The number of carboxylic acids is 1. The van der Waals surface area contributed by atoms with E-state index in [1.54, 1.807) is 31.2 Å². The number of aliphatic carboxylic acids is 1. The lowest BCUT2D eigenvalue weighted by Crippen LogP contribution is -2.53. The van der Waals surface area contributed by atoms with Crippen molar-refractivity contribution >= 4 is 29.4 Å². The van der Waals surface area contributed by atoms with Crippen LogP contribution in [-0.4, -0.2) is 41.4 Å². The average molecular weight is 327 g/mol. The summed E-state index contributed by atoms with van der Waals surface area (Å²) in [6, 6.07) is 6.26. The van der Waals surface area contributed by atoms with Gasteiger partial charge in [0.15, 0.2) is 5.54 Å². The molecule has 0 aromatic heterocycles. The lowest BCUT2D eigenvalue weighted by Gasteiger charge is -2.30. The maximum Gasteiger partial charge on any atom is 0.334 e. The first-order valence-corrected chi connectivity index (χ1v) is 7.13. The van der Waals surface area contributed by atoms with Gasteiger partial charge in [-0.05, 0) is 24.1 Å². The number of hydrogen-bond donors (Lipinski definition) is 2. The quantitative estimate of drug-likeness (QED) is 0.831. The Morgan fingerprint density at radius 1 is 1.27 bits per heavy atom. The fourth-order valence-electron chi connectivity index (χ4n) is 2.03. The summed E-state index contributed by atoms with van der Waals surface area (Å²) in [5.41, 5.74) is -1.13. The molecule has 7 heteroatoms. The number of carbonyl (C=O) groups excluding carboxylic acids is 2. The molecule has 0 spiro atoms. The molecule has 2 N–H and O–H groups in total. The van der Waals surface area contributed by atoms with Crippen molar-refractivity contribution < 1.29 is 19.5 Å². The van der Waals surface area contributed by atoms with Crippen molar-refractivity contribution in [3.63, 3.8) is 0 Å². The van der Waals surface area contributed by atoms with Gasteiger partial charge in [0.2, 0.25) is 11.8 Å². The van der Waals surface area contributed by atoms with Gasteiger partial charge < -0.3 is 15.3 Å². The Labute approximate surface area is 134 Å². The zero-order valence-electron chi connectivity index (χ0n) is 12.7. The normalized spacial score (nSPS) is 13.1. The fourth-order valence-corrected chi connectivity index (χ4v) is 2.16. The topological polar surface area (TPSA) is 86.7 Å². The molecule has 0 bridgehead atoms. The molecule has 120 valence electrons. The predicted octanol–water partition coefficient (Wildman–Crippen LogP) is 1.62. The van der Waals surface area contributed by atoms with Crippen LogP contribution >= 0.6 is 11.6 Å². The Kier molecular flexibility index (Phi) is 5.93. The number of nitrogens with one attached hydrogen (secondary N) is 1. The standard InChI is InChI=1S/C15H19ClN2O4/c1-4-15(14(21)22,11-5-7-12(16)8-6-11)17-13(20)9-18(3)10(2)19/h5-8H,4,9H2,1-3H3,(H,17,20)(H,21,22). The van der Waals surface area contributed by atoms with E-state index >= 15 is 0 Å². The van der Waals surface area contributed by atoms with Crippen molar-refractivity contribution in [3.05, 3.63) is 34.9 Å². The van der Waals surface area contributed by atoms with Gasteiger partial charge in [-0.1, -0.05) is 30.7 Å². The van der Waals surface area contributed by atoms with Crippen LogP contribution in [0.4, 0.5) is 0 Å². The van der Waals surface area contributed by atoms with Crippen molar-refractivity contribution in [2.75, 3.05) is 13.6 Å². The summed E-state index contributed by atoms with van der Waals surface area (Å²) < 4.78 is 0. The highest BCUT2D eigenvalue weighted by atomic mass is 35.5. The minimum atomic E-state index is -1.56. The second kappa shape index (κ2) is 7.26. The lowest BCUT2D eigenvalue weighted by atomic mass is 9.87. The SMILES string of the molecule is CCC(NC(=O)CN(C)C(C)=O)(C(=O)O)c1ccc(Cl)cc1. The molecule has 1 aromatic rings. The first kappa shape index (κ1) is 18.0. The second-order valence-corrected chi connectivity index (χ2v) is 5.43. The van der Waals surface area contributed by atoms with Crippen molar-refractivity contribution in [1.29, 1.82) is 0 Å². The number of amides is 2. The third-order valence-electron chi connectivity index (χ3n) is 3.50. The number of rotatable bonds is 6. The third kappa shape index (κ3) is 3.98. The minimum absolute atomic E-state index is 0.152. The summed E-state index contributed by atoms with van der Waals surface area (Å²) in [5, 5.41) is 12.6. The fraction of sp³-hybridized carbons (Fsp3) is 0.400. The van der Waals surface area contributed by atoms with Gasteiger partial charge in [-0.25, -0.2) is 4.79 Å². The van der Waals surface area contributed by atoms with Crippen LogP contribution in [0.25, 0.3) is 0 Å². The highest BCUT2D eigenvalue weighted by Gasteiger charge is 2.40. The van der Waals surface area contributed by atoms with Gasteiger partial charge in [0.25, 0.3) is 0 Å². The van der Waals surface area contributed by atoms with Crippen LogP contribution < -0.4 is 5.32 Å². The number of carboxylic acid groups (broad SMARTS) is 1. The summed E-state index contributed by atoms with van der Waals surface area (Å²) in [6.07, 6.45) is 0.152. The largest absolute Gasteiger partial charge is 0.479 e. The van der Waals surface area contributed by atoms with E-state index in [1.807, 2.05) is 0 Å². The molecule has 1 atom stereocenters. The average Bonchev–Trinajstić information content (AvgIpc) is 2.45. The summed E-state index contributed by atoms with van der Waals surface area (Å²) in [7, 11) is 1.47. The molecule has 0 saturated heterocycles. The van der Waals surface area contributed by atoms with E-state index in [9.17, 15) is 19.5 Å². The molecular weight excluding hydrogens is 308 g/mol. The highest BCUT2D eigenvalue weighted by molar-refractivity contribution is 6.30. The summed E-state index contributed by atoms with van der Waals surface area (Å²) in [5.74, 6) is -1.99.